The lowest BCUT2D eigenvalue weighted by Crippen LogP contribution is -2.40. The van der Waals surface area contributed by atoms with E-state index in [-0.39, 0.29) is 0 Å². The molecule has 0 amide bonds. The number of hydrogen-bond acceptors (Lipinski definition) is 3. The van der Waals surface area contributed by atoms with Gasteiger partial charge in [-0.2, -0.15) is 4.99 Å². The van der Waals surface area contributed by atoms with Crippen LogP contribution in [-0.2, 0) is 0 Å². The maximum atomic E-state index is 5.78. The van der Waals surface area contributed by atoms with Gasteiger partial charge in [-0.3, -0.25) is 9.13 Å². The largest absolute Gasteiger partial charge is 0.316 e. The van der Waals surface area contributed by atoms with E-state index in [1.807, 2.05) is 0 Å². The number of fused-ring (bicyclic) bond motifs is 20. The van der Waals surface area contributed by atoms with E-state index in [4.69, 9.17) is 9.98 Å². The number of hydrogen-bond donors (Lipinski definition) is 1. The SMILES string of the molecule is c1ccc(C2=NC(n3c4ccccc4c4ccc5c(c6ccc7ccccc7c6n5-c5cccc(-c6ccccc6)c5)c43)NC(n3c4c5ccccc5ccc4c4ccc5c6ccc7ccccc7c6n(-c6ccccc6)c5c43)=N2)cc1. The Kier molecular flexibility index (Phi) is 9.44. The summed E-state index contributed by atoms with van der Waals surface area (Å²) in [5, 5.41) is 20.5. The van der Waals surface area contributed by atoms with Crippen molar-refractivity contribution < 1.29 is 0 Å². The fourth-order valence-electron chi connectivity index (χ4n) is 13.9. The van der Waals surface area contributed by atoms with Crippen LogP contribution < -0.4 is 5.32 Å². The zero-order chi connectivity index (χ0) is 53.6. The Morgan fingerprint density at radius 2 is 0.756 bits per heavy atom. The van der Waals surface area contributed by atoms with Gasteiger partial charge >= 0.3 is 0 Å². The zero-order valence-electron chi connectivity index (χ0n) is 44.2. The van der Waals surface area contributed by atoms with Crippen LogP contribution in [0.4, 0.5) is 0 Å². The summed E-state index contributed by atoms with van der Waals surface area (Å²) in [4.78, 5) is 11.5. The van der Waals surface area contributed by atoms with Crippen molar-refractivity contribution in [2.24, 2.45) is 9.98 Å². The van der Waals surface area contributed by atoms with Gasteiger partial charge in [0.05, 0.1) is 44.1 Å². The van der Waals surface area contributed by atoms with Gasteiger partial charge in [-0.05, 0) is 63.7 Å². The van der Waals surface area contributed by atoms with E-state index in [2.05, 4.69) is 297 Å². The molecule has 382 valence electrons. The predicted octanol–water partition coefficient (Wildman–Crippen LogP) is 18.6. The van der Waals surface area contributed by atoms with E-state index in [1.54, 1.807) is 0 Å². The quantitative estimate of drug-likeness (QED) is 0.183. The van der Waals surface area contributed by atoms with Gasteiger partial charge in [-0.15, -0.1) is 0 Å². The number of para-hydroxylation sites is 2. The van der Waals surface area contributed by atoms with Crippen LogP contribution in [0.5, 0.6) is 0 Å². The summed E-state index contributed by atoms with van der Waals surface area (Å²) >= 11 is 0. The third-order valence-corrected chi connectivity index (χ3v) is 17.3. The van der Waals surface area contributed by atoms with Crippen molar-refractivity contribution in [2.45, 2.75) is 6.29 Å². The highest BCUT2D eigenvalue weighted by atomic mass is 15.4. The maximum absolute atomic E-state index is 5.78. The first-order chi connectivity index (χ1) is 40.7. The summed E-state index contributed by atoms with van der Waals surface area (Å²) in [6.45, 7) is 0. The number of amidine groups is 1. The number of benzene rings is 13. The Balaban J connectivity index is 0.970. The second-order valence-electron chi connectivity index (χ2n) is 21.7. The van der Waals surface area contributed by atoms with Crippen molar-refractivity contribution in [1.29, 1.82) is 0 Å². The Bertz CT molecular complexity index is 5600. The number of rotatable bonds is 5. The summed E-state index contributed by atoms with van der Waals surface area (Å²) in [7, 11) is 0. The second-order valence-corrected chi connectivity index (χ2v) is 21.7. The van der Waals surface area contributed by atoms with Crippen LogP contribution in [0.2, 0.25) is 0 Å². The van der Waals surface area contributed by atoms with Crippen LogP contribution in [-0.4, -0.2) is 30.1 Å². The first-order valence-corrected chi connectivity index (χ1v) is 28.1. The molecule has 7 nitrogen and oxygen atoms in total. The summed E-state index contributed by atoms with van der Waals surface area (Å²) in [5.41, 5.74) is 14.3. The highest BCUT2D eigenvalue weighted by Gasteiger charge is 2.31. The van der Waals surface area contributed by atoms with Crippen molar-refractivity contribution in [1.82, 2.24) is 23.6 Å². The summed E-state index contributed by atoms with van der Waals surface area (Å²) < 4.78 is 9.88. The molecule has 7 heteroatoms. The molecule has 0 fully saturated rings. The molecule has 0 saturated carbocycles. The fourth-order valence-corrected chi connectivity index (χ4v) is 13.9. The molecule has 5 heterocycles. The Morgan fingerprint density at radius 3 is 1.41 bits per heavy atom. The molecule has 1 aliphatic rings. The molecule has 1 unspecified atom stereocenters. The standard InChI is InChI=1S/C75H47N7/c1-4-19-46(20-5-1)51-26-18-29-53(45-51)79-65-44-43-58-57-33-16-17-34-64(57)81(70(58)66(65)63-40-37-49-23-12-15-32-56(49)69(63)79)74-76-73(50-24-6-2-7-25-50)77-75(78-74)82-68-55-31-14-11-22-48(55)36-39-60(68)62-42-41-61-59-38-35-47-21-10-13-30-54(47)67(59)80(71(61)72(62)82)52-27-8-3-9-28-52/h1-45,74H,(H,76,77,78). The lowest BCUT2D eigenvalue weighted by molar-refractivity contribution is 0.510. The molecule has 17 aromatic rings. The molecule has 0 saturated heterocycles. The van der Waals surface area contributed by atoms with Gasteiger partial charge < -0.3 is 14.5 Å². The maximum Gasteiger partial charge on any atom is 0.213 e. The first-order valence-electron chi connectivity index (χ1n) is 28.1. The molecule has 82 heavy (non-hydrogen) atoms. The molecular formula is C75H47N7. The first kappa shape index (κ1) is 44.9. The molecular weight excluding hydrogens is 999 g/mol. The fraction of sp³-hybridized carbons (Fsp3) is 0.0133. The monoisotopic (exact) mass is 1050 g/mol. The average molecular weight is 1050 g/mol. The van der Waals surface area contributed by atoms with Crippen molar-refractivity contribution in [3.8, 4) is 22.5 Å². The summed E-state index contributed by atoms with van der Waals surface area (Å²) in [6.07, 6.45) is -0.665. The molecule has 1 aliphatic heterocycles. The minimum atomic E-state index is -0.665. The number of nitrogens with zero attached hydrogens (tertiary/aromatic N) is 6. The van der Waals surface area contributed by atoms with Crippen molar-refractivity contribution in [3.63, 3.8) is 0 Å². The molecule has 1 N–H and O–H groups in total. The van der Waals surface area contributed by atoms with Crippen molar-refractivity contribution >= 4 is 131 Å². The van der Waals surface area contributed by atoms with Gasteiger partial charge in [0.2, 0.25) is 12.2 Å². The Morgan fingerprint density at radius 1 is 0.293 bits per heavy atom. The normalized spacial score (nSPS) is 14.0. The van der Waals surface area contributed by atoms with E-state index >= 15 is 0 Å². The van der Waals surface area contributed by atoms with Gasteiger partial charge in [-0.25, -0.2) is 4.99 Å². The average Bonchev–Trinajstić information content (AvgIpc) is 2.28. The summed E-state index contributed by atoms with van der Waals surface area (Å²) in [6, 6.07) is 99.3. The third kappa shape index (κ3) is 6.35. The van der Waals surface area contributed by atoms with E-state index < -0.39 is 6.29 Å². The van der Waals surface area contributed by atoms with E-state index in [0.29, 0.717) is 11.8 Å². The lowest BCUT2D eigenvalue weighted by atomic mass is 10.0. The second kappa shape index (κ2) is 17.2. The molecule has 18 rings (SSSR count). The minimum absolute atomic E-state index is 0.639. The molecule has 0 aliphatic carbocycles. The van der Waals surface area contributed by atoms with Crippen molar-refractivity contribution in [3.05, 3.63) is 279 Å². The highest BCUT2D eigenvalue weighted by molar-refractivity contribution is 6.32. The number of aliphatic imine (C=N–C) groups is 2. The van der Waals surface area contributed by atoms with Gasteiger partial charge in [-0.1, -0.05) is 237 Å². The lowest BCUT2D eigenvalue weighted by Gasteiger charge is -2.27. The molecule has 1 atom stereocenters. The molecule has 0 radical (unpaired) electrons. The minimum Gasteiger partial charge on any atom is -0.316 e. The van der Waals surface area contributed by atoms with Crippen molar-refractivity contribution in [2.75, 3.05) is 0 Å². The van der Waals surface area contributed by atoms with E-state index in [1.165, 1.54) is 48.8 Å². The topological polar surface area (TPSA) is 56.5 Å². The Hall–Kier alpha value is -11.0. The van der Waals surface area contributed by atoms with Crippen LogP contribution in [0.25, 0.3) is 142 Å². The van der Waals surface area contributed by atoms with Crippen LogP contribution in [0.3, 0.4) is 0 Å². The Labute approximate surface area is 469 Å². The van der Waals surface area contributed by atoms with E-state index in [9.17, 15) is 0 Å². The van der Waals surface area contributed by atoms with Crippen LogP contribution in [0, 0.1) is 0 Å². The van der Waals surface area contributed by atoms with Crippen LogP contribution >= 0.6 is 0 Å². The zero-order valence-corrected chi connectivity index (χ0v) is 44.2. The molecule has 4 aromatic heterocycles. The molecule has 13 aromatic carbocycles. The number of nitrogens with one attached hydrogen (secondary N) is 1. The van der Waals surface area contributed by atoms with Crippen LogP contribution in [0.1, 0.15) is 11.9 Å². The summed E-state index contributed by atoms with van der Waals surface area (Å²) in [5.74, 6) is 1.32. The van der Waals surface area contributed by atoms with Gasteiger partial charge in [0, 0.05) is 76.2 Å². The predicted molar refractivity (Wildman–Crippen MR) is 344 cm³/mol. The van der Waals surface area contributed by atoms with E-state index in [0.717, 1.165) is 98.8 Å². The van der Waals surface area contributed by atoms with Gasteiger partial charge in [0.15, 0.2) is 5.84 Å². The van der Waals surface area contributed by atoms with Crippen LogP contribution in [0.15, 0.2) is 283 Å². The third-order valence-electron chi connectivity index (χ3n) is 17.3. The molecule has 0 bridgehead atoms. The van der Waals surface area contributed by atoms with Gasteiger partial charge in [0.1, 0.15) is 0 Å². The highest BCUT2D eigenvalue weighted by Crippen LogP contribution is 2.47. The molecule has 0 spiro atoms. The number of aromatic nitrogens is 4. The van der Waals surface area contributed by atoms with Gasteiger partial charge in [0.25, 0.3) is 0 Å². The smallest absolute Gasteiger partial charge is 0.213 e.